The first-order chi connectivity index (χ1) is 10.3. The fraction of sp³-hybridized carbons (Fsp3) is 0.429. The summed E-state index contributed by atoms with van der Waals surface area (Å²) < 4.78 is 10.6. The van der Waals surface area contributed by atoms with Crippen LogP contribution >= 0.6 is 22.6 Å². The molecule has 0 unspecified atom stereocenters. The molecule has 0 aliphatic rings. The normalized spacial score (nSPS) is 13.4. The quantitative estimate of drug-likeness (QED) is 0.394. The Balaban J connectivity index is 3.01. The van der Waals surface area contributed by atoms with Gasteiger partial charge in [0, 0.05) is 0 Å². The van der Waals surface area contributed by atoms with Gasteiger partial charge in [0.2, 0.25) is 5.91 Å². The van der Waals surface area contributed by atoms with Crippen LogP contribution in [0.4, 0.5) is 0 Å². The zero-order chi connectivity index (χ0) is 16.9. The highest BCUT2D eigenvalue weighted by Crippen LogP contribution is 2.26. The Morgan fingerprint density at radius 1 is 1.32 bits per heavy atom. The number of hydrogen-bond donors (Lipinski definition) is 2. The molecule has 2 atom stereocenters. The van der Waals surface area contributed by atoms with Crippen LogP contribution in [0.3, 0.4) is 0 Å². The summed E-state index contributed by atoms with van der Waals surface area (Å²) in [7, 11) is 6.34. The number of carbonyl (C=O) groups is 2. The molecule has 0 aliphatic carbocycles. The molecule has 122 valence electrons. The molecule has 22 heavy (non-hydrogen) atoms. The van der Waals surface area contributed by atoms with Gasteiger partial charge in [0.15, 0.2) is 6.17 Å². The van der Waals surface area contributed by atoms with Crippen molar-refractivity contribution in [3.05, 3.63) is 27.3 Å². The lowest BCUT2D eigenvalue weighted by atomic mass is 10.0. The number of hydrogen-bond acceptors (Lipinski definition) is 6. The van der Waals surface area contributed by atoms with Crippen molar-refractivity contribution in [2.24, 2.45) is 5.73 Å². The number of rotatable bonds is 6. The summed E-state index contributed by atoms with van der Waals surface area (Å²) in [4.78, 5) is 25.5. The molecular formula is C14H20IN3O4. The van der Waals surface area contributed by atoms with Crippen molar-refractivity contribution in [3.63, 3.8) is 0 Å². The molecule has 7 nitrogen and oxygen atoms in total. The Morgan fingerprint density at radius 2 is 1.95 bits per heavy atom. The van der Waals surface area contributed by atoms with Gasteiger partial charge in [0.25, 0.3) is 0 Å². The zero-order valence-corrected chi connectivity index (χ0v) is 15.1. The molecule has 0 bridgehead atoms. The van der Waals surface area contributed by atoms with Gasteiger partial charge in [-0.25, -0.2) is 4.79 Å². The van der Waals surface area contributed by atoms with E-state index in [4.69, 9.17) is 10.5 Å². The van der Waals surface area contributed by atoms with Gasteiger partial charge in [0.05, 0.1) is 17.8 Å². The molecule has 0 heterocycles. The predicted octanol–water partition coefficient (Wildman–Crippen LogP) is 0.476. The molecule has 0 radical (unpaired) electrons. The van der Waals surface area contributed by atoms with E-state index in [1.807, 2.05) is 6.07 Å². The third-order valence-electron chi connectivity index (χ3n) is 3.01. The Bertz CT molecular complexity index is 551. The Hall–Kier alpha value is -1.39. The standard InChI is InChI=1S/C14H20IN3O4/c1-18(2)11(13(19)17-12(16)14(20)22-4)8-5-6-10(21-3)9(15)7-8/h5-7,11-12H,16H2,1-4H3,(H,17,19)/t11-,12+/m0/s1. The van der Waals surface area contributed by atoms with Crippen LogP contribution in [-0.4, -0.2) is 51.3 Å². The number of methoxy groups -OCH3 is 2. The topological polar surface area (TPSA) is 93.9 Å². The average Bonchev–Trinajstić information content (AvgIpc) is 2.46. The molecule has 0 fully saturated rings. The predicted molar refractivity (Wildman–Crippen MR) is 90.3 cm³/mol. The molecule has 1 aromatic rings. The Kier molecular flexibility index (Phi) is 7.04. The number of nitrogens with zero attached hydrogens (tertiary/aromatic N) is 1. The van der Waals surface area contributed by atoms with Gasteiger partial charge in [-0.2, -0.15) is 0 Å². The molecule has 8 heteroatoms. The van der Waals surface area contributed by atoms with E-state index in [2.05, 4.69) is 32.6 Å². The van der Waals surface area contributed by atoms with Gasteiger partial charge in [-0.3, -0.25) is 9.69 Å². The van der Waals surface area contributed by atoms with Crippen LogP contribution in [-0.2, 0) is 14.3 Å². The Morgan fingerprint density at radius 3 is 2.41 bits per heavy atom. The molecule has 0 aromatic heterocycles. The lowest BCUT2D eigenvalue weighted by Gasteiger charge is -2.25. The minimum atomic E-state index is -1.20. The van der Waals surface area contributed by atoms with Crippen molar-refractivity contribution in [3.8, 4) is 5.75 Å². The maximum Gasteiger partial charge on any atom is 0.343 e. The van der Waals surface area contributed by atoms with E-state index in [0.29, 0.717) is 0 Å². The van der Waals surface area contributed by atoms with Crippen molar-refractivity contribution in [2.75, 3.05) is 28.3 Å². The van der Waals surface area contributed by atoms with Crippen LogP contribution in [0.25, 0.3) is 0 Å². The highest BCUT2D eigenvalue weighted by Gasteiger charge is 2.27. The highest BCUT2D eigenvalue weighted by atomic mass is 127. The summed E-state index contributed by atoms with van der Waals surface area (Å²) in [5, 5.41) is 2.45. The SMILES string of the molecule is COC(=O)[C@H](N)NC(=O)[C@H](c1ccc(OC)c(I)c1)N(C)C. The number of likely N-dealkylation sites (N-methyl/N-ethyl adjacent to an activating group) is 1. The second kappa shape index (κ2) is 8.30. The van der Waals surface area contributed by atoms with Gasteiger partial charge < -0.3 is 20.5 Å². The fourth-order valence-electron chi connectivity index (χ4n) is 1.95. The van der Waals surface area contributed by atoms with E-state index in [-0.39, 0.29) is 5.91 Å². The van der Waals surface area contributed by atoms with Gasteiger partial charge in [-0.1, -0.05) is 6.07 Å². The van der Waals surface area contributed by atoms with E-state index >= 15 is 0 Å². The number of ether oxygens (including phenoxy) is 2. The molecule has 0 saturated carbocycles. The lowest BCUT2D eigenvalue weighted by molar-refractivity contribution is -0.145. The van der Waals surface area contributed by atoms with E-state index < -0.39 is 18.2 Å². The number of benzene rings is 1. The molecule has 0 aliphatic heterocycles. The summed E-state index contributed by atoms with van der Waals surface area (Å²) in [6.45, 7) is 0. The van der Waals surface area contributed by atoms with Crippen molar-refractivity contribution in [1.82, 2.24) is 10.2 Å². The molecule has 3 N–H and O–H groups in total. The van der Waals surface area contributed by atoms with Gasteiger partial charge >= 0.3 is 5.97 Å². The fourth-order valence-corrected chi connectivity index (χ4v) is 2.71. The zero-order valence-electron chi connectivity index (χ0n) is 12.9. The number of amides is 1. The van der Waals surface area contributed by atoms with E-state index in [1.54, 1.807) is 38.2 Å². The number of esters is 1. The molecular weight excluding hydrogens is 401 g/mol. The van der Waals surface area contributed by atoms with Crippen LogP contribution in [0, 0.1) is 3.57 Å². The van der Waals surface area contributed by atoms with Crippen molar-refractivity contribution < 1.29 is 19.1 Å². The average molecular weight is 421 g/mol. The first-order valence-corrected chi connectivity index (χ1v) is 7.53. The summed E-state index contributed by atoms with van der Waals surface area (Å²) in [6.07, 6.45) is -1.20. The second-order valence-electron chi connectivity index (χ2n) is 4.77. The largest absolute Gasteiger partial charge is 0.496 e. The summed E-state index contributed by atoms with van der Waals surface area (Å²) in [5.41, 5.74) is 6.34. The molecule has 1 aromatic carbocycles. The van der Waals surface area contributed by atoms with Crippen LogP contribution in [0.2, 0.25) is 0 Å². The second-order valence-corrected chi connectivity index (χ2v) is 5.93. The number of halogens is 1. The van der Waals surface area contributed by atoms with Crippen LogP contribution < -0.4 is 15.8 Å². The number of carbonyl (C=O) groups excluding carboxylic acids is 2. The van der Waals surface area contributed by atoms with Crippen LogP contribution in [0.15, 0.2) is 18.2 Å². The summed E-state index contributed by atoms with van der Waals surface area (Å²) in [6, 6.07) is 4.86. The number of nitrogens with one attached hydrogen (secondary N) is 1. The monoisotopic (exact) mass is 421 g/mol. The maximum atomic E-state index is 12.4. The lowest BCUT2D eigenvalue weighted by Crippen LogP contribution is -2.51. The smallest absolute Gasteiger partial charge is 0.343 e. The molecule has 1 amide bonds. The van der Waals surface area contributed by atoms with E-state index in [9.17, 15) is 9.59 Å². The van der Waals surface area contributed by atoms with E-state index in [1.165, 1.54) is 7.11 Å². The summed E-state index contributed by atoms with van der Waals surface area (Å²) >= 11 is 2.13. The third kappa shape index (κ3) is 4.55. The highest BCUT2D eigenvalue weighted by molar-refractivity contribution is 14.1. The van der Waals surface area contributed by atoms with Gasteiger partial charge in [0.1, 0.15) is 11.8 Å². The third-order valence-corrected chi connectivity index (χ3v) is 3.85. The Labute approximate surface area is 143 Å². The van der Waals surface area contributed by atoms with Crippen molar-refractivity contribution in [1.29, 1.82) is 0 Å². The first-order valence-electron chi connectivity index (χ1n) is 6.45. The molecule has 0 saturated heterocycles. The van der Waals surface area contributed by atoms with Gasteiger partial charge in [-0.05, 0) is 54.4 Å². The van der Waals surface area contributed by atoms with Crippen molar-refractivity contribution in [2.45, 2.75) is 12.2 Å². The minimum absolute atomic E-state index is 0.385. The van der Waals surface area contributed by atoms with Crippen molar-refractivity contribution >= 4 is 34.5 Å². The van der Waals surface area contributed by atoms with Crippen LogP contribution in [0.5, 0.6) is 5.75 Å². The molecule has 0 spiro atoms. The minimum Gasteiger partial charge on any atom is -0.496 e. The van der Waals surface area contributed by atoms with Gasteiger partial charge in [-0.15, -0.1) is 0 Å². The first kappa shape index (κ1) is 18.7. The maximum absolute atomic E-state index is 12.4. The number of nitrogens with two attached hydrogens (primary N) is 1. The van der Waals surface area contributed by atoms with Crippen LogP contribution in [0.1, 0.15) is 11.6 Å². The molecule has 1 rings (SSSR count). The van der Waals surface area contributed by atoms with E-state index in [0.717, 1.165) is 14.9 Å². The summed E-state index contributed by atoms with van der Waals surface area (Å²) in [5.74, 6) is -0.354.